The van der Waals surface area contributed by atoms with Gasteiger partial charge in [-0.1, -0.05) is 26.7 Å². The topological polar surface area (TPSA) is 58.4 Å². The number of rotatable bonds is 5. The van der Waals surface area contributed by atoms with Gasteiger partial charge < -0.3 is 16.0 Å². The van der Waals surface area contributed by atoms with Crippen LogP contribution in [0.15, 0.2) is 0 Å². The van der Waals surface area contributed by atoms with Gasteiger partial charge in [-0.05, 0) is 25.2 Å². The van der Waals surface area contributed by atoms with Gasteiger partial charge in [0.2, 0.25) is 0 Å². The molecule has 0 aromatic carbocycles. The summed E-state index contributed by atoms with van der Waals surface area (Å²) in [5.74, 6) is 0.511. The summed E-state index contributed by atoms with van der Waals surface area (Å²) < 4.78 is 0. The van der Waals surface area contributed by atoms with E-state index >= 15 is 0 Å². The van der Waals surface area contributed by atoms with E-state index in [1.165, 1.54) is 6.42 Å². The second-order valence-corrected chi connectivity index (χ2v) is 4.97. The van der Waals surface area contributed by atoms with Gasteiger partial charge in [-0.15, -0.1) is 0 Å². The van der Waals surface area contributed by atoms with Crippen molar-refractivity contribution < 1.29 is 4.79 Å². The highest BCUT2D eigenvalue weighted by Gasteiger charge is 2.19. The van der Waals surface area contributed by atoms with Crippen LogP contribution in [-0.2, 0) is 0 Å². The van der Waals surface area contributed by atoms with Crippen molar-refractivity contribution in [1.29, 1.82) is 0 Å². The Balaban J connectivity index is 2.26. The molecule has 1 heterocycles. The number of hydrogen-bond acceptors (Lipinski definition) is 2. The molecule has 1 aliphatic rings. The van der Waals surface area contributed by atoms with E-state index < -0.39 is 0 Å². The summed E-state index contributed by atoms with van der Waals surface area (Å²) in [5, 5.41) is 2.96. The van der Waals surface area contributed by atoms with Gasteiger partial charge in [0.1, 0.15) is 0 Å². The van der Waals surface area contributed by atoms with Crippen molar-refractivity contribution >= 4 is 6.03 Å². The molecular weight excluding hydrogens is 214 g/mol. The van der Waals surface area contributed by atoms with E-state index in [1.807, 2.05) is 4.90 Å². The first-order chi connectivity index (χ1) is 8.19. The number of carbonyl (C=O) groups is 1. The zero-order chi connectivity index (χ0) is 12.7. The minimum absolute atomic E-state index is 0.0612. The SMILES string of the molecule is CCC(CC)C(N)CNC(=O)N1CCCCC1. The normalized spacial score (nSPS) is 18.2. The van der Waals surface area contributed by atoms with E-state index in [1.54, 1.807) is 0 Å². The van der Waals surface area contributed by atoms with Crippen LogP contribution in [0.3, 0.4) is 0 Å². The fourth-order valence-corrected chi connectivity index (χ4v) is 2.47. The van der Waals surface area contributed by atoms with Crippen LogP contribution in [0.2, 0.25) is 0 Å². The third-order valence-corrected chi connectivity index (χ3v) is 3.79. The maximum absolute atomic E-state index is 11.9. The van der Waals surface area contributed by atoms with E-state index in [0.29, 0.717) is 12.5 Å². The highest BCUT2D eigenvalue weighted by molar-refractivity contribution is 5.74. The summed E-state index contributed by atoms with van der Waals surface area (Å²) >= 11 is 0. The van der Waals surface area contributed by atoms with Gasteiger partial charge >= 0.3 is 6.03 Å². The number of carbonyl (C=O) groups excluding carboxylic acids is 1. The van der Waals surface area contributed by atoms with Gasteiger partial charge in [-0.2, -0.15) is 0 Å². The number of urea groups is 1. The molecule has 1 aliphatic heterocycles. The van der Waals surface area contributed by atoms with E-state index in [9.17, 15) is 4.79 Å². The Kier molecular flexibility index (Phi) is 6.34. The van der Waals surface area contributed by atoms with Crippen molar-refractivity contribution in [3.8, 4) is 0 Å². The first kappa shape index (κ1) is 14.3. The largest absolute Gasteiger partial charge is 0.336 e. The molecule has 0 bridgehead atoms. The van der Waals surface area contributed by atoms with Gasteiger partial charge in [0.25, 0.3) is 0 Å². The Morgan fingerprint density at radius 1 is 1.24 bits per heavy atom. The molecule has 0 radical (unpaired) electrons. The summed E-state index contributed by atoms with van der Waals surface area (Å²) in [4.78, 5) is 13.8. The zero-order valence-corrected chi connectivity index (χ0v) is 11.2. The molecule has 2 amide bonds. The van der Waals surface area contributed by atoms with Gasteiger partial charge in [-0.3, -0.25) is 0 Å². The standard InChI is InChI=1S/C13H27N3O/c1-3-11(4-2)12(14)10-15-13(17)16-8-6-5-7-9-16/h11-12H,3-10,14H2,1-2H3,(H,15,17). The molecule has 1 unspecified atom stereocenters. The first-order valence-corrected chi connectivity index (χ1v) is 6.97. The molecule has 1 fully saturated rings. The fourth-order valence-electron chi connectivity index (χ4n) is 2.47. The lowest BCUT2D eigenvalue weighted by Crippen LogP contribution is -2.48. The molecule has 1 saturated heterocycles. The number of piperidine rings is 1. The highest BCUT2D eigenvalue weighted by atomic mass is 16.2. The number of likely N-dealkylation sites (tertiary alicyclic amines) is 1. The Morgan fingerprint density at radius 3 is 2.35 bits per heavy atom. The lowest BCUT2D eigenvalue weighted by atomic mass is 9.95. The average Bonchev–Trinajstić information content (AvgIpc) is 2.38. The van der Waals surface area contributed by atoms with Crippen molar-refractivity contribution in [3.63, 3.8) is 0 Å². The number of nitrogens with zero attached hydrogens (tertiary/aromatic N) is 1. The lowest BCUT2D eigenvalue weighted by Gasteiger charge is -2.28. The van der Waals surface area contributed by atoms with Crippen molar-refractivity contribution in [2.75, 3.05) is 19.6 Å². The number of hydrogen-bond donors (Lipinski definition) is 2. The van der Waals surface area contributed by atoms with Crippen molar-refractivity contribution in [3.05, 3.63) is 0 Å². The van der Waals surface area contributed by atoms with Crippen LogP contribution in [0.25, 0.3) is 0 Å². The van der Waals surface area contributed by atoms with Crippen LogP contribution in [0.1, 0.15) is 46.0 Å². The molecular formula is C13H27N3O. The minimum Gasteiger partial charge on any atom is -0.336 e. The molecule has 0 aliphatic carbocycles. The smallest absolute Gasteiger partial charge is 0.317 e. The molecule has 0 spiro atoms. The molecule has 0 aromatic rings. The molecule has 3 N–H and O–H groups in total. The van der Waals surface area contributed by atoms with Crippen LogP contribution in [0.4, 0.5) is 4.79 Å². The van der Waals surface area contributed by atoms with Crippen molar-refractivity contribution in [2.45, 2.75) is 52.0 Å². The maximum Gasteiger partial charge on any atom is 0.317 e. The fraction of sp³-hybridized carbons (Fsp3) is 0.923. The molecule has 1 rings (SSSR count). The zero-order valence-electron chi connectivity index (χ0n) is 11.2. The Labute approximate surface area is 105 Å². The van der Waals surface area contributed by atoms with E-state index in [4.69, 9.17) is 5.73 Å². The van der Waals surface area contributed by atoms with Gasteiger partial charge in [-0.25, -0.2) is 4.79 Å². The second-order valence-electron chi connectivity index (χ2n) is 4.97. The summed E-state index contributed by atoms with van der Waals surface area (Å²) in [6.45, 7) is 6.70. The molecule has 17 heavy (non-hydrogen) atoms. The van der Waals surface area contributed by atoms with Crippen LogP contribution in [0, 0.1) is 5.92 Å². The maximum atomic E-state index is 11.9. The lowest BCUT2D eigenvalue weighted by molar-refractivity contribution is 0.184. The molecule has 100 valence electrons. The van der Waals surface area contributed by atoms with Gasteiger partial charge in [0.05, 0.1) is 0 Å². The molecule has 4 heteroatoms. The van der Waals surface area contributed by atoms with Crippen molar-refractivity contribution in [2.24, 2.45) is 11.7 Å². The number of nitrogens with one attached hydrogen (secondary N) is 1. The summed E-state index contributed by atoms with van der Waals surface area (Å²) in [6.07, 6.45) is 5.67. The molecule has 1 atom stereocenters. The Morgan fingerprint density at radius 2 is 1.82 bits per heavy atom. The van der Waals surface area contributed by atoms with Crippen molar-refractivity contribution in [1.82, 2.24) is 10.2 Å². The monoisotopic (exact) mass is 241 g/mol. The quantitative estimate of drug-likeness (QED) is 0.773. The van der Waals surface area contributed by atoms with Crippen LogP contribution in [-0.4, -0.2) is 36.6 Å². The van der Waals surface area contributed by atoms with Gasteiger partial charge in [0, 0.05) is 25.7 Å². The summed E-state index contributed by atoms with van der Waals surface area (Å²) in [5.41, 5.74) is 6.08. The van der Waals surface area contributed by atoms with Crippen LogP contribution in [0.5, 0.6) is 0 Å². The molecule has 0 aromatic heterocycles. The van der Waals surface area contributed by atoms with E-state index in [2.05, 4.69) is 19.2 Å². The van der Waals surface area contributed by atoms with Gasteiger partial charge in [0.15, 0.2) is 0 Å². The molecule has 0 saturated carbocycles. The predicted molar refractivity (Wildman–Crippen MR) is 70.9 cm³/mol. The number of amides is 2. The van der Waals surface area contributed by atoms with Crippen LogP contribution < -0.4 is 11.1 Å². The second kappa shape index (κ2) is 7.54. The highest BCUT2D eigenvalue weighted by Crippen LogP contribution is 2.11. The summed E-state index contributed by atoms with van der Waals surface area (Å²) in [6, 6.07) is 0.143. The minimum atomic E-state index is 0.0612. The number of nitrogens with two attached hydrogens (primary N) is 1. The third kappa shape index (κ3) is 4.54. The third-order valence-electron chi connectivity index (χ3n) is 3.79. The Bertz CT molecular complexity index is 223. The van der Waals surface area contributed by atoms with Crippen LogP contribution >= 0.6 is 0 Å². The van der Waals surface area contributed by atoms with E-state index in [0.717, 1.165) is 38.8 Å². The first-order valence-electron chi connectivity index (χ1n) is 6.97. The molecule has 4 nitrogen and oxygen atoms in total. The summed E-state index contributed by atoms with van der Waals surface area (Å²) in [7, 11) is 0. The Hall–Kier alpha value is -0.770. The predicted octanol–water partition coefficient (Wildman–Crippen LogP) is 1.95. The van der Waals surface area contributed by atoms with E-state index in [-0.39, 0.29) is 12.1 Å². The average molecular weight is 241 g/mol.